The Morgan fingerprint density at radius 3 is 2.70 bits per heavy atom. The fourth-order valence-electron chi connectivity index (χ4n) is 3.33. The minimum atomic E-state index is -0.0874. The quantitative estimate of drug-likeness (QED) is 0.787. The second-order valence-electron chi connectivity index (χ2n) is 6.72. The molecule has 2 aliphatic rings. The summed E-state index contributed by atoms with van der Waals surface area (Å²) in [5.41, 5.74) is 1.84. The van der Waals surface area contributed by atoms with Crippen molar-refractivity contribution in [3.8, 4) is 0 Å². The van der Waals surface area contributed by atoms with Crippen molar-refractivity contribution >= 4 is 11.7 Å². The van der Waals surface area contributed by atoms with Crippen LogP contribution in [0.25, 0.3) is 0 Å². The molecule has 3 rings (SSSR count). The van der Waals surface area contributed by atoms with Crippen LogP contribution in [0.4, 0.5) is 5.82 Å². The number of hydrogen-bond donors (Lipinski definition) is 0. The third-order valence-electron chi connectivity index (χ3n) is 4.69. The molecule has 0 N–H and O–H groups in total. The molecule has 124 valence electrons. The van der Waals surface area contributed by atoms with Crippen molar-refractivity contribution in [1.82, 2.24) is 9.88 Å². The van der Waals surface area contributed by atoms with Crippen LogP contribution < -0.4 is 4.90 Å². The summed E-state index contributed by atoms with van der Waals surface area (Å²) in [5, 5.41) is 0. The van der Waals surface area contributed by atoms with Crippen molar-refractivity contribution in [2.75, 3.05) is 38.7 Å². The van der Waals surface area contributed by atoms with Crippen LogP contribution >= 0.6 is 0 Å². The number of nitrogens with zero attached hydrogens (tertiary/aromatic N) is 3. The number of ether oxygens (including phenoxy) is 1. The molecule has 1 spiro atoms. The fourth-order valence-corrected chi connectivity index (χ4v) is 3.33. The molecular formula is C18H25N3O2. The van der Waals surface area contributed by atoms with E-state index in [1.807, 2.05) is 12.1 Å². The summed E-state index contributed by atoms with van der Waals surface area (Å²) in [6.45, 7) is 4.81. The smallest absolute Gasteiger partial charge is 0.272 e. The average Bonchev–Trinajstić information content (AvgIpc) is 2.55. The molecule has 1 fully saturated rings. The van der Waals surface area contributed by atoms with Gasteiger partial charge in [0, 0.05) is 27.2 Å². The summed E-state index contributed by atoms with van der Waals surface area (Å²) in [5.74, 6) is 0.818. The summed E-state index contributed by atoms with van der Waals surface area (Å²) in [7, 11) is 3.49. The van der Waals surface area contributed by atoms with Gasteiger partial charge >= 0.3 is 0 Å². The fraction of sp³-hybridized carbons (Fsp3) is 0.556. The Balaban J connectivity index is 1.72. The number of piperidine rings is 1. The van der Waals surface area contributed by atoms with E-state index >= 15 is 0 Å². The van der Waals surface area contributed by atoms with Gasteiger partial charge in [-0.3, -0.25) is 4.79 Å². The lowest BCUT2D eigenvalue weighted by Gasteiger charge is -2.42. The maximum atomic E-state index is 12.1. The van der Waals surface area contributed by atoms with E-state index in [1.165, 1.54) is 5.57 Å². The van der Waals surface area contributed by atoms with Gasteiger partial charge in [-0.05, 0) is 38.3 Å². The minimum Gasteiger partial charge on any atom is -0.370 e. The van der Waals surface area contributed by atoms with E-state index in [9.17, 15) is 4.79 Å². The van der Waals surface area contributed by atoms with E-state index in [0.717, 1.165) is 44.8 Å². The topological polar surface area (TPSA) is 45.7 Å². The molecule has 3 heterocycles. The van der Waals surface area contributed by atoms with E-state index in [0.29, 0.717) is 5.69 Å². The van der Waals surface area contributed by atoms with Crippen LogP contribution in [0, 0.1) is 0 Å². The van der Waals surface area contributed by atoms with Gasteiger partial charge in [-0.1, -0.05) is 17.7 Å². The van der Waals surface area contributed by atoms with E-state index in [-0.39, 0.29) is 11.5 Å². The van der Waals surface area contributed by atoms with Crippen molar-refractivity contribution < 1.29 is 9.53 Å². The van der Waals surface area contributed by atoms with Gasteiger partial charge in [0.15, 0.2) is 0 Å². The third-order valence-corrected chi connectivity index (χ3v) is 4.69. The number of carbonyl (C=O) groups is 1. The summed E-state index contributed by atoms with van der Waals surface area (Å²) >= 11 is 0. The van der Waals surface area contributed by atoms with Gasteiger partial charge < -0.3 is 14.5 Å². The molecule has 5 nitrogen and oxygen atoms in total. The van der Waals surface area contributed by atoms with E-state index in [2.05, 4.69) is 22.9 Å². The summed E-state index contributed by atoms with van der Waals surface area (Å²) in [4.78, 5) is 20.4. The van der Waals surface area contributed by atoms with Gasteiger partial charge in [0.05, 0.1) is 12.2 Å². The number of hydrogen-bond acceptors (Lipinski definition) is 4. The Kier molecular flexibility index (Phi) is 4.39. The Labute approximate surface area is 137 Å². The van der Waals surface area contributed by atoms with Crippen LogP contribution in [0.15, 0.2) is 29.8 Å². The highest BCUT2D eigenvalue weighted by atomic mass is 16.5. The molecule has 1 saturated heterocycles. The first-order chi connectivity index (χ1) is 11.0. The zero-order valence-electron chi connectivity index (χ0n) is 14.2. The Morgan fingerprint density at radius 2 is 2.04 bits per heavy atom. The van der Waals surface area contributed by atoms with E-state index in [4.69, 9.17) is 4.74 Å². The summed E-state index contributed by atoms with van der Waals surface area (Å²) in [6, 6.07) is 5.66. The molecule has 0 aliphatic carbocycles. The SMILES string of the molecule is CC1=CC2(CCN(c3cccc(C(=O)N(C)C)n3)CC2)OCC1. The van der Waals surface area contributed by atoms with Crippen molar-refractivity contribution in [3.05, 3.63) is 35.5 Å². The molecule has 1 aromatic heterocycles. The molecule has 2 aliphatic heterocycles. The maximum Gasteiger partial charge on any atom is 0.272 e. The van der Waals surface area contributed by atoms with Crippen LogP contribution in [0.2, 0.25) is 0 Å². The predicted octanol–water partition coefficient (Wildman–Crippen LogP) is 2.49. The molecule has 5 heteroatoms. The first-order valence-electron chi connectivity index (χ1n) is 8.25. The molecule has 23 heavy (non-hydrogen) atoms. The predicted molar refractivity (Wildman–Crippen MR) is 90.8 cm³/mol. The summed E-state index contributed by atoms with van der Waals surface area (Å²) < 4.78 is 6.07. The van der Waals surface area contributed by atoms with Crippen molar-refractivity contribution in [2.24, 2.45) is 0 Å². The molecule has 0 aromatic carbocycles. The minimum absolute atomic E-state index is 0.0606. The number of aromatic nitrogens is 1. The van der Waals surface area contributed by atoms with E-state index in [1.54, 1.807) is 25.1 Å². The zero-order chi connectivity index (χ0) is 16.4. The lowest BCUT2D eigenvalue weighted by Crippen LogP contribution is -2.46. The van der Waals surface area contributed by atoms with Crippen LogP contribution in [-0.4, -0.2) is 55.2 Å². The Hall–Kier alpha value is -1.88. The normalized spacial score (nSPS) is 20.3. The number of amides is 1. The maximum absolute atomic E-state index is 12.1. The highest BCUT2D eigenvalue weighted by Crippen LogP contribution is 2.34. The first-order valence-corrected chi connectivity index (χ1v) is 8.25. The van der Waals surface area contributed by atoms with Crippen LogP contribution in [0.5, 0.6) is 0 Å². The van der Waals surface area contributed by atoms with Crippen LogP contribution in [-0.2, 0) is 4.74 Å². The second-order valence-corrected chi connectivity index (χ2v) is 6.72. The molecule has 1 aromatic rings. The number of rotatable bonds is 2. The number of pyridine rings is 1. The monoisotopic (exact) mass is 315 g/mol. The van der Waals surface area contributed by atoms with Crippen molar-refractivity contribution in [3.63, 3.8) is 0 Å². The molecule has 0 saturated carbocycles. The Morgan fingerprint density at radius 1 is 1.30 bits per heavy atom. The molecular weight excluding hydrogens is 290 g/mol. The first kappa shape index (κ1) is 16.0. The van der Waals surface area contributed by atoms with Crippen LogP contribution in [0.1, 0.15) is 36.7 Å². The van der Waals surface area contributed by atoms with Gasteiger partial charge in [0.2, 0.25) is 0 Å². The highest BCUT2D eigenvalue weighted by Gasteiger charge is 2.35. The lowest BCUT2D eigenvalue weighted by molar-refractivity contribution is -0.0326. The molecule has 0 bridgehead atoms. The van der Waals surface area contributed by atoms with Gasteiger partial charge in [0.25, 0.3) is 5.91 Å². The largest absolute Gasteiger partial charge is 0.370 e. The molecule has 1 amide bonds. The molecule has 0 atom stereocenters. The Bertz CT molecular complexity index is 616. The van der Waals surface area contributed by atoms with Gasteiger partial charge in [-0.2, -0.15) is 0 Å². The zero-order valence-corrected chi connectivity index (χ0v) is 14.2. The second kappa shape index (κ2) is 6.32. The van der Waals surface area contributed by atoms with Gasteiger partial charge in [-0.15, -0.1) is 0 Å². The molecule has 0 unspecified atom stereocenters. The highest BCUT2D eigenvalue weighted by molar-refractivity contribution is 5.92. The average molecular weight is 315 g/mol. The van der Waals surface area contributed by atoms with E-state index < -0.39 is 0 Å². The number of carbonyl (C=O) groups excluding carboxylic acids is 1. The van der Waals surface area contributed by atoms with Crippen LogP contribution in [0.3, 0.4) is 0 Å². The van der Waals surface area contributed by atoms with Crippen molar-refractivity contribution in [2.45, 2.75) is 31.8 Å². The van der Waals surface area contributed by atoms with Gasteiger partial charge in [-0.25, -0.2) is 4.98 Å². The third kappa shape index (κ3) is 3.39. The van der Waals surface area contributed by atoms with Crippen molar-refractivity contribution in [1.29, 1.82) is 0 Å². The number of anilines is 1. The lowest BCUT2D eigenvalue weighted by atomic mass is 9.87. The standard InChI is InChI=1S/C18H25N3O2/c1-14-7-12-23-18(13-14)8-10-21(11-9-18)16-6-4-5-15(19-16)17(22)20(2)3/h4-6,13H,7-12H2,1-3H3. The van der Waals surface area contributed by atoms with Gasteiger partial charge in [0.1, 0.15) is 11.5 Å². The molecule has 0 radical (unpaired) electrons. The summed E-state index contributed by atoms with van der Waals surface area (Å²) in [6.07, 6.45) is 5.30.